The van der Waals surface area contributed by atoms with Gasteiger partial charge in [0.15, 0.2) is 0 Å². The summed E-state index contributed by atoms with van der Waals surface area (Å²) in [5, 5.41) is 14.5. The van der Waals surface area contributed by atoms with Crippen LogP contribution < -0.4 is 10.6 Å². The van der Waals surface area contributed by atoms with Gasteiger partial charge in [-0.25, -0.2) is 4.79 Å². The smallest absolute Gasteiger partial charge is 0.323 e. The number of aliphatic carboxylic acids is 1. The minimum Gasteiger partial charge on any atom is -0.480 e. The number of amides is 3. The maximum atomic E-state index is 12.3. The summed E-state index contributed by atoms with van der Waals surface area (Å²) in [6, 6.07) is 9.35. The summed E-state index contributed by atoms with van der Waals surface area (Å²) in [5.41, 5.74) is 1.03. The lowest BCUT2D eigenvalue weighted by molar-refractivity contribution is -0.144. The Bertz CT molecular complexity index is 600. The van der Waals surface area contributed by atoms with E-state index < -0.39 is 11.9 Å². The molecule has 3 N–H and O–H groups in total. The van der Waals surface area contributed by atoms with Crippen molar-refractivity contribution < 1.29 is 19.5 Å². The van der Waals surface area contributed by atoms with Gasteiger partial charge in [-0.15, -0.1) is 0 Å². The fraction of sp³-hybridized carbons (Fsp3) is 0.526. The van der Waals surface area contributed by atoms with Gasteiger partial charge in [-0.05, 0) is 24.8 Å². The molecule has 0 bridgehead atoms. The molecule has 1 fully saturated rings. The molecule has 7 nitrogen and oxygen atoms in total. The van der Waals surface area contributed by atoms with Gasteiger partial charge in [0.05, 0.1) is 6.54 Å². The van der Waals surface area contributed by atoms with E-state index in [9.17, 15) is 14.4 Å². The molecule has 7 heteroatoms. The van der Waals surface area contributed by atoms with Crippen LogP contribution in [0.2, 0.25) is 0 Å². The van der Waals surface area contributed by atoms with Crippen molar-refractivity contribution in [2.45, 2.75) is 44.6 Å². The topological polar surface area (TPSA) is 98.7 Å². The van der Waals surface area contributed by atoms with E-state index >= 15 is 0 Å². The lowest BCUT2D eigenvalue weighted by Crippen LogP contribution is -2.48. The molecule has 0 aromatic heterocycles. The van der Waals surface area contributed by atoms with Crippen LogP contribution in [0, 0.1) is 0 Å². The van der Waals surface area contributed by atoms with Crippen LogP contribution in [0.3, 0.4) is 0 Å². The van der Waals surface area contributed by atoms with Crippen molar-refractivity contribution in [3.63, 3.8) is 0 Å². The van der Waals surface area contributed by atoms with E-state index in [0.29, 0.717) is 13.0 Å². The summed E-state index contributed by atoms with van der Waals surface area (Å²) in [5.74, 6) is -1.47. The highest BCUT2D eigenvalue weighted by atomic mass is 16.4. The number of nitrogens with zero attached hydrogens (tertiary/aromatic N) is 1. The van der Waals surface area contributed by atoms with Gasteiger partial charge in [-0.2, -0.15) is 0 Å². The van der Waals surface area contributed by atoms with Crippen LogP contribution in [-0.2, 0) is 16.0 Å². The largest absolute Gasteiger partial charge is 0.480 e. The Labute approximate surface area is 153 Å². The quantitative estimate of drug-likeness (QED) is 0.657. The number of carboxylic acids is 1. The number of carbonyl (C=O) groups is 3. The first-order valence-electron chi connectivity index (χ1n) is 9.12. The Kier molecular flexibility index (Phi) is 7.92. The zero-order valence-electron chi connectivity index (χ0n) is 14.9. The van der Waals surface area contributed by atoms with Crippen molar-refractivity contribution in [3.8, 4) is 0 Å². The van der Waals surface area contributed by atoms with Crippen LogP contribution in [0.5, 0.6) is 0 Å². The fourth-order valence-corrected chi connectivity index (χ4v) is 3.11. The van der Waals surface area contributed by atoms with Crippen molar-refractivity contribution in [3.05, 3.63) is 35.9 Å². The van der Waals surface area contributed by atoms with Gasteiger partial charge >= 0.3 is 12.0 Å². The van der Waals surface area contributed by atoms with Crippen molar-refractivity contribution in [1.29, 1.82) is 0 Å². The van der Waals surface area contributed by atoms with Gasteiger partial charge in [-0.1, -0.05) is 49.6 Å². The van der Waals surface area contributed by atoms with E-state index in [2.05, 4.69) is 10.6 Å². The van der Waals surface area contributed by atoms with E-state index in [1.54, 1.807) is 0 Å². The number of hydrogen-bond donors (Lipinski definition) is 3. The number of carboxylic acid groups (broad SMARTS) is 1. The van der Waals surface area contributed by atoms with Crippen LogP contribution >= 0.6 is 0 Å². The summed E-state index contributed by atoms with van der Waals surface area (Å²) >= 11 is 0. The molecule has 0 radical (unpaired) electrons. The Balaban J connectivity index is 1.79. The monoisotopic (exact) mass is 361 g/mol. The van der Waals surface area contributed by atoms with Crippen LogP contribution in [0.4, 0.5) is 4.79 Å². The van der Waals surface area contributed by atoms with E-state index in [0.717, 1.165) is 31.2 Å². The van der Waals surface area contributed by atoms with Gasteiger partial charge in [0.25, 0.3) is 0 Å². The fourth-order valence-electron chi connectivity index (χ4n) is 3.11. The Hall–Kier alpha value is -2.57. The molecule has 0 aliphatic heterocycles. The summed E-state index contributed by atoms with van der Waals surface area (Å²) in [6.07, 6.45) is 5.90. The maximum Gasteiger partial charge on any atom is 0.323 e. The average molecular weight is 361 g/mol. The van der Waals surface area contributed by atoms with E-state index in [1.807, 2.05) is 30.3 Å². The first-order chi connectivity index (χ1) is 12.5. The molecule has 2 rings (SSSR count). The Morgan fingerprint density at radius 2 is 1.77 bits per heavy atom. The number of carbonyl (C=O) groups excluding carboxylic acids is 2. The number of urea groups is 1. The minimum absolute atomic E-state index is 0.159. The molecule has 1 aromatic carbocycles. The van der Waals surface area contributed by atoms with E-state index in [1.165, 1.54) is 11.3 Å². The second-order valence-corrected chi connectivity index (χ2v) is 6.61. The van der Waals surface area contributed by atoms with Gasteiger partial charge in [0, 0.05) is 12.6 Å². The molecule has 0 unspecified atom stereocenters. The summed E-state index contributed by atoms with van der Waals surface area (Å²) in [4.78, 5) is 36.5. The molecule has 1 aliphatic carbocycles. The van der Waals surface area contributed by atoms with Gasteiger partial charge < -0.3 is 20.6 Å². The normalized spacial score (nSPS) is 14.5. The van der Waals surface area contributed by atoms with Crippen LogP contribution in [0.1, 0.15) is 37.7 Å². The highest BCUT2D eigenvalue weighted by molar-refractivity contribution is 5.86. The number of rotatable bonds is 8. The molecule has 0 atom stereocenters. The van der Waals surface area contributed by atoms with E-state index in [4.69, 9.17) is 5.11 Å². The van der Waals surface area contributed by atoms with Gasteiger partial charge in [0.1, 0.15) is 6.54 Å². The summed E-state index contributed by atoms with van der Waals surface area (Å²) in [6.45, 7) is -0.292. The van der Waals surface area contributed by atoms with Crippen LogP contribution in [0.25, 0.3) is 0 Å². The second kappa shape index (κ2) is 10.4. The SMILES string of the molecule is O=C(O)CN(CCc1ccccc1)C(=O)CNC(=O)NC1CCCCC1. The Morgan fingerprint density at radius 1 is 1.08 bits per heavy atom. The lowest BCUT2D eigenvalue weighted by Gasteiger charge is -2.24. The maximum absolute atomic E-state index is 12.3. The van der Waals surface area contributed by atoms with Gasteiger partial charge in [-0.3, -0.25) is 9.59 Å². The van der Waals surface area contributed by atoms with E-state index in [-0.39, 0.29) is 25.2 Å². The zero-order valence-corrected chi connectivity index (χ0v) is 14.9. The molecule has 1 aliphatic rings. The molecule has 0 spiro atoms. The standard InChI is InChI=1S/C19H27N3O4/c23-17(13-20-19(26)21-16-9-5-2-6-10-16)22(14-18(24)25)12-11-15-7-3-1-4-8-15/h1,3-4,7-8,16H,2,5-6,9-14H2,(H,24,25)(H2,20,21,26). The lowest BCUT2D eigenvalue weighted by atomic mass is 9.96. The van der Waals surface area contributed by atoms with Crippen molar-refractivity contribution in [2.75, 3.05) is 19.6 Å². The van der Waals surface area contributed by atoms with Crippen molar-refractivity contribution in [1.82, 2.24) is 15.5 Å². The first-order valence-corrected chi connectivity index (χ1v) is 9.12. The molecule has 26 heavy (non-hydrogen) atoms. The third-order valence-corrected chi connectivity index (χ3v) is 4.53. The molecular formula is C19H27N3O4. The molecule has 142 valence electrons. The Morgan fingerprint density at radius 3 is 2.42 bits per heavy atom. The molecule has 3 amide bonds. The van der Waals surface area contributed by atoms with Crippen molar-refractivity contribution >= 4 is 17.9 Å². The summed E-state index contributed by atoms with van der Waals surface area (Å²) in [7, 11) is 0. The zero-order chi connectivity index (χ0) is 18.8. The number of benzene rings is 1. The van der Waals surface area contributed by atoms with Crippen LogP contribution in [-0.4, -0.2) is 53.6 Å². The highest BCUT2D eigenvalue weighted by Crippen LogP contribution is 2.17. The predicted molar refractivity (Wildman–Crippen MR) is 97.8 cm³/mol. The second-order valence-electron chi connectivity index (χ2n) is 6.61. The van der Waals surface area contributed by atoms with Crippen molar-refractivity contribution in [2.24, 2.45) is 0 Å². The number of hydrogen-bond acceptors (Lipinski definition) is 3. The minimum atomic E-state index is -1.07. The summed E-state index contributed by atoms with van der Waals surface area (Å²) < 4.78 is 0. The molecular weight excluding hydrogens is 334 g/mol. The number of nitrogens with one attached hydrogen (secondary N) is 2. The molecule has 0 saturated heterocycles. The predicted octanol–water partition coefficient (Wildman–Crippen LogP) is 1.77. The van der Waals surface area contributed by atoms with Gasteiger partial charge in [0.2, 0.25) is 5.91 Å². The highest BCUT2D eigenvalue weighted by Gasteiger charge is 2.19. The third-order valence-electron chi connectivity index (χ3n) is 4.53. The average Bonchev–Trinajstić information content (AvgIpc) is 2.64. The first kappa shape index (κ1) is 19.8. The van der Waals surface area contributed by atoms with Crippen LogP contribution in [0.15, 0.2) is 30.3 Å². The molecule has 1 saturated carbocycles. The molecule has 1 aromatic rings. The third kappa shape index (κ3) is 7.13. The molecule has 0 heterocycles.